The molecule has 0 saturated heterocycles. The van der Waals surface area contributed by atoms with Crippen molar-refractivity contribution in [1.82, 2.24) is 5.32 Å². The molecule has 3 nitrogen and oxygen atoms in total. The highest BCUT2D eigenvalue weighted by molar-refractivity contribution is 5.29. The fourth-order valence-corrected chi connectivity index (χ4v) is 1.62. The Kier molecular flexibility index (Phi) is 5.68. The van der Waals surface area contributed by atoms with Gasteiger partial charge in [-0.15, -0.1) is 0 Å². The third-order valence-electron chi connectivity index (χ3n) is 2.45. The van der Waals surface area contributed by atoms with E-state index in [1.54, 1.807) is 7.11 Å². The highest BCUT2D eigenvalue weighted by Gasteiger charge is 2.10. The largest absolute Gasteiger partial charge is 0.380 e. The van der Waals surface area contributed by atoms with E-state index in [1.165, 1.54) is 0 Å². The molecule has 1 unspecified atom stereocenters. The number of nitrogens with one attached hydrogen (secondary N) is 1. The van der Waals surface area contributed by atoms with Gasteiger partial charge in [0, 0.05) is 7.11 Å². The normalized spacial score (nSPS) is 12.4. The molecule has 92 valence electrons. The fraction of sp³-hybridized carbons (Fsp3) is 0.500. The predicted molar refractivity (Wildman–Crippen MR) is 68.3 cm³/mol. The number of benzene rings is 1. The van der Waals surface area contributed by atoms with E-state index in [9.17, 15) is 0 Å². The summed E-state index contributed by atoms with van der Waals surface area (Å²) in [6, 6.07) is 10.0. The molecule has 0 aliphatic heterocycles. The fourth-order valence-electron chi connectivity index (χ4n) is 1.62. The summed E-state index contributed by atoms with van der Waals surface area (Å²) in [5, 5.41) is 12.4. The monoisotopic (exact) mass is 232 g/mol. The Morgan fingerprint density at radius 2 is 2.18 bits per heavy atom. The van der Waals surface area contributed by atoms with Crippen LogP contribution in [-0.2, 0) is 11.3 Å². The lowest BCUT2D eigenvalue weighted by molar-refractivity contribution is 0.185. The Labute approximate surface area is 103 Å². The summed E-state index contributed by atoms with van der Waals surface area (Å²) in [5.41, 5.74) is 2.10. The molecule has 0 spiro atoms. The van der Waals surface area contributed by atoms with Crippen molar-refractivity contribution in [3.8, 4) is 6.07 Å². The first-order valence-electron chi connectivity index (χ1n) is 5.88. The van der Waals surface area contributed by atoms with Crippen molar-refractivity contribution in [2.45, 2.75) is 26.5 Å². The molecule has 1 N–H and O–H groups in total. The maximum atomic E-state index is 9.17. The van der Waals surface area contributed by atoms with Gasteiger partial charge in [-0.25, -0.2) is 0 Å². The van der Waals surface area contributed by atoms with Crippen LogP contribution in [0.2, 0.25) is 0 Å². The Hall–Kier alpha value is -1.37. The molecule has 17 heavy (non-hydrogen) atoms. The van der Waals surface area contributed by atoms with Gasteiger partial charge in [0.15, 0.2) is 0 Å². The molecule has 1 atom stereocenters. The average molecular weight is 232 g/mol. The number of ether oxygens (including phenoxy) is 1. The van der Waals surface area contributed by atoms with Crippen molar-refractivity contribution in [2.75, 3.05) is 13.7 Å². The van der Waals surface area contributed by atoms with Crippen molar-refractivity contribution >= 4 is 0 Å². The lowest BCUT2D eigenvalue weighted by Gasteiger charge is -2.14. The highest BCUT2D eigenvalue weighted by Crippen LogP contribution is 2.15. The summed E-state index contributed by atoms with van der Waals surface area (Å²) in [5.74, 6) is 0.535. The van der Waals surface area contributed by atoms with Crippen LogP contribution >= 0.6 is 0 Å². The number of methoxy groups -OCH3 is 1. The van der Waals surface area contributed by atoms with Gasteiger partial charge in [0.25, 0.3) is 0 Å². The van der Waals surface area contributed by atoms with Gasteiger partial charge in [-0.1, -0.05) is 38.1 Å². The van der Waals surface area contributed by atoms with Crippen LogP contribution in [0.3, 0.4) is 0 Å². The topological polar surface area (TPSA) is 45.0 Å². The molecule has 1 rings (SSSR count). The van der Waals surface area contributed by atoms with Gasteiger partial charge in [-0.3, -0.25) is 5.32 Å². The Balaban J connectivity index is 2.74. The minimum Gasteiger partial charge on any atom is -0.380 e. The van der Waals surface area contributed by atoms with E-state index in [-0.39, 0.29) is 6.04 Å². The molecule has 0 saturated carbocycles. The minimum atomic E-state index is -0.241. The molecule has 0 aromatic heterocycles. The van der Waals surface area contributed by atoms with Crippen molar-refractivity contribution in [1.29, 1.82) is 5.26 Å². The molecule has 0 amide bonds. The highest BCUT2D eigenvalue weighted by atomic mass is 16.5. The van der Waals surface area contributed by atoms with Crippen LogP contribution in [-0.4, -0.2) is 13.7 Å². The maximum Gasteiger partial charge on any atom is 0.121 e. The van der Waals surface area contributed by atoms with Crippen LogP contribution in [0.25, 0.3) is 0 Å². The number of hydrogen-bond donors (Lipinski definition) is 1. The van der Waals surface area contributed by atoms with Crippen molar-refractivity contribution in [3.05, 3.63) is 35.4 Å². The van der Waals surface area contributed by atoms with Crippen LogP contribution in [0.4, 0.5) is 0 Å². The zero-order valence-electron chi connectivity index (χ0n) is 10.7. The summed E-state index contributed by atoms with van der Waals surface area (Å²) in [4.78, 5) is 0. The van der Waals surface area contributed by atoms with E-state index in [2.05, 4.69) is 25.2 Å². The Bertz CT molecular complexity index is 382. The van der Waals surface area contributed by atoms with Crippen LogP contribution in [0.15, 0.2) is 24.3 Å². The van der Waals surface area contributed by atoms with Gasteiger partial charge in [0.2, 0.25) is 0 Å². The van der Waals surface area contributed by atoms with Crippen LogP contribution in [0.5, 0.6) is 0 Å². The second-order valence-electron chi connectivity index (χ2n) is 4.54. The van der Waals surface area contributed by atoms with E-state index < -0.39 is 0 Å². The lowest BCUT2D eigenvalue weighted by atomic mass is 10.0. The first-order chi connectivity index (χ1) is 8.17. The number of nitrogens with zero attached hydrogens (tertiary/aromatic N) is 1. The summed E-state index contributed by atoms with van der Waals surface area (Å²) in [6.45, 7) is 5.68. The molecule has 0 radical (unpaired) electrons. The molecule has 0 aliphatic rings. The second kappa shape index (κ2) is 7.05. The molecule has 0 fully saturated rings. The summed E-state index contributed by atoms with van der Waals surface area (Å²) >= 11 is 0. The summed E-state index contributed by atoms with van der Waals surface area (Å²) in [6.07, 6.45) is 0. The van der Waals surface area contributed by atoms with Gasteiger partial charge < -0.3 is 4.74 Å². The number of hydrogen-bond acceptors (Lipinski definition) is 3. The van der Waals surface area contributed by atoms with E-state index in [0.29, 0.717) is 12.5 Å². The number of rotatable bonds is 6. The smallest absolute Gasteiger partial charge is 0.121 e. The molecule has 0 heterocycles. The van der Waals surface area contributed by atoms with Gasteiger partial charge in [0.05, 0.1) is 12.7 Å². The quantitative estimate of drug-likeness (QED) is 0.820. The van der Waals surface area contributed by atoms with Crippen LogP contribution < -0.4 is 5.32 Å². The Morgan fingerprint density at radius 3 is 2.76 bits per heavy atom. The molecular formula is C14H20N2O. The van der Waals surface area contributed by atoms with Crippen LogP contribution in [0.1, 0.15) is 31.0 Å². The third-order valence-corrected chi connectivity index (χ3v) is 2.45. The summed E-state index contributed by atoms with van der Waals surface area (Å²) in [7, 11) is 1.67. The first-order valence-corrected chi connectivity index (χ1v) is 5.88. The maximum absolute atomic E-state index is 9.17. The lowest BCUT2D eigenvalue weighted by Crippen LogP contribution is -2.24. The van der Waals surface area contributed by atoms with E-state index in [4.69, 9.17) is 10.00 Å². The third kappa shape index (κ3) is 4.56. The number of nitriles is 1. The van der Waals surface area contributed by atoms with Crippen molar-refractivity contribution in [2.24, 2.45) is 5.92 Å². The standard InChI is InChI=1S/C14H20N2O/c1-11(2)9-16-14(8-15)13-6-4-5-12(7-13)10-17-3/h4-7,11,14,16H,9-10H2,1-3H3. The van der Waals surface area contributed by atoms with Crippen LogP contribution in [0, 0.1) is 17.2 Å². The predicted octanol–water partition coefficient (Wildman–Crippen LogP) is 2.64. The van der Waals surface area contributed by atoms with Crippen molar-refractivity contribution < 1.29 is 4.74 Å². The zero-order chi connectivity index (χ0) is 12.7. The van der Waals surface area contributed by atoms with Gasteiger partial charge in [-0.05, 0) is 23.6 Å². The molecule has 3 heteroatoms. The summed E-state index contributed by atoms with van der Waals surface area (Å²) < 4.78 is 5.09. The first kappa shape index (κ1) is 13.7. The van der Waals surface area contributed by atoms with Gasteiger partial charge >= 0.3 is 0 Å². The van der Waals surface area contributed by atoms with Gasteiger partial charge in [-0.2, -0.15) is 5.26 Å². The molecular weight excluding hydrogens is 212 g/mol. The molecule has 1 aromatic carbocycles. The van der Waals surface area contributed by atoms with E-state index in [1.807, 2.05) is 24.3 Å². The SMILES string of the molecule is COCc1cccc(C(C#N)NCC(C)C)c1. The zero-order valence-corrected chi connectivity index (χ0v) is 10.7. The van der Waals surface area contributed by atoms with E-state index in [0.717, 1.165) is 17.7 Å². The molecule has 1 aromatic rings. The van der Waals surface area contributed by atoms with Crippen molar-refractivity contribution in [3.63, 3.8) is 0 Å². The minimum absolute atomic E-state index is 0.241. The molecule has 0 bridgehead atoms. The van der Waals surface area contributed by atoms with Gasteiger partial charge in [0.1, 0.15) is 6.04 Å². The molecule has 0 aliphatic carbocycles. The second-order valence-corrected chi connectivity index (χ2v) is 4.54. The average Bonchev–Trinajstić information content (AvgIpc) is 2.30. The van der Waals surface area contributed by atoms with E-state index >= 15 is 0 Å². The Morgan fingerprint density at radius 1 is 1.41 bits per heavy atom.